The molecular formula is C17H27N3O2. The minimum absolute atomic E-state index is 0.0301. The van der Waals surface area contributed by atoms with E-state index < -0.39 is 0 Å². The van der Waals surface area contributed by atoms with E-state index in [0.717, 1.165) is 23.4 Å². The van der Waals surface area contributed by atoms with E-state index >= 15 is 0 Å². The molecule has 0 fully saturated rings. The highest BCUT2D eigenvalue weighted by atomic mass is 16.2. The normalized spacial score (nSPS) is 10.6. The summed E-state index contributed by atoms with van der Waals surface area (Å²) >= 11 is 0. The second kappa shape index (κ2) is 8.54. The predicted octanol–water partition coefficient (Wildman–Crippen LogP) is 1.72. The fourth-order valence-corrected chi connectivity index (χ4v) is 2.30. The van der Waals surface area contributed by atoms with Crippen molar-refractivity contribution in [3.05, 3.63) is 29.3 Å². The standard InChI is InChI=1S/C17H27N3O2/c1-13-10-14(2)12-16(11-13)20(15(3)21)8-6-17(22)18-7-9-19(4)5/h10-12H,6-9H2,1-5H3,(H,18,22). The van der Waals surface area contributed by atoms with Crippen LogP contribution in [0.3, 0.4) is 0 Å². The third kappa shape index (κ3) is 6.26. The smallest absolute Gasteiger partial charge is 0.223 e. The SMILES string of the molecule is CC(=O)N(CCC(=O)NCCN(C)C)c1cc(C)cc(C)c1. The van der Waals surface area contributed by atoms with E-state index in [4.69, 9.17) is 0 Å². The summed E-state index contributed by atoms with van der Waals surface area (Å²) in [5.41, 5.74) is 3.07. The number of likely N-dealkylation sites (N-methyl/N-ethyl adjacent to an activating group) is 1. The molecule has 22 heavy (non-hydrogen) atoms. The number of hydrogen-bond acceptors (Lipinski definition) is 3. The van der Waals surface area contributed by atoms with Gasteiger partial charge in [0.2, 0.25) is 11.8 Å². The van der Waals surface area contributed by atoms with Crippen LogP contribution in [-0.4, -0.2) is 50.4 Å². The third-order valence-corrected chi connectivity index (χ3v) is 3.34. The second-order valence-corrected chi connectivity index (χ2v) is 5.92. The third-order valence-electron chi connectivity index (χ3n) is 3.34. The Kier molecular flexibility index (Phi) is 7.05. The fourth-order valence-electron chi connectivity index (χ4n) is 2.30. The summed E-state index contributed by atoms with van der Waals surface area (Å²) in [5, 5.41) is 2.86. The first kappa shape index (κ1) is 18.2. The molecular weight excluding hydrogens is 278 g/mol. The van der Waals surface area contributed by atoms with Crippen LogP contribution >= 0.6 is 0 Å². The number of aryl methyl sites for hydroxylation is 2. The lowest BCUT2D eigenvalue weighted by molar-refractivity contribution is -0.121. The Hall–Kier alpha value is -1.88. The van der Waals surface area contributed by atoms with Gasteiger partial charge < -0.3 is 15.1 Å². The van der Waals surface area contributed by atoms with E-state index in [9.17, 15) is 9.59 Å². The first-order valence-corrected chi connectivity index (χ1v) is 7.57. The molecule has 0 saturated heterocycles. The lowest BCUT2D eigenvalue weighted by Crippen LogP contribution is -2.36. The zero-order valence-electron chi connectivity index (χ0n) is 14.3. The van der Waals surface area contributed by atoms with Gasteiger partial charge in [-0.25, -0.2) is 0 Å². The van der Waals surface area contributed by atoms with Crippen molar-refractivity contribution < 1.29 is 9.59 Å². The van der Waals surface area contributed by atoms with E-state index in [1.165, 1.54) is 6.92 Å². The molecule has 0 aromatic heterocycles. The van der Waals surface area contributed by atoms with Gasteiger partial charge in [-0.05, 0) is 51.2 Å². The van der Waals surface area contributed by atoms with Gasteiger partial charge in [0.05, 0.1) is 0 Å². The van der Waals surface area contributed by atoms with Crippen LogP contribution in [0.15, 0.2) is 18.2 Å². The highest BCUT2D eigenvalue weighted by molar-refractivity contribution is 5.92. The summed E-state index contributed by atoms with van der Waals surface area (Å²) in [5.74, 6) is -0.0800. The molecule has 2 amide bonds. The monoisotopic (exact) mass is 305 g/mol. The average molecular weight is 305 g/mol. The maximum absolute atomic E-state index is 11.9. The summed E-state index contributed by atoms with van der Waals surface area (Å²) < 4.78 is 0. The van der Waals surface area contributed by atoms with Crippen LogP contribution in [0.5, 0.6) is 0 Å². The molecule has 0 spiro atoms. The van der Waals surface area contributed by atoms with E-state index in [0.29, 0.717) is 19.5 Å². The van der Waals surface area contributed by atoms with Crippen molar-refractivity contribution in [2.45, 2.75) is 27.2 Å². The number of hydrogen-bond donors (Lipinski definition) is 1. The molecule has 1 aromatic rings. The summed E-state index contributed by atoms with van der Waals surface area (Å²) in [6, 6.07) is 6.01. The number of amides is 2. The Balaban J connectivity index is 2.62. The maximum atomic E-state index is 11.9. The van der Waals surface area contributed by atoms with Crippen molar-refractivity contribution in [3.8, 4) is 0 Å². The molecule has 0 saturated carbocycles. The zero-order valence-corrected chi connectivity index (χ0v) is 14.3. The highest BCUT2D eigenvalue weighted by Crippen LogP contribution is 2.19. The largest absolute Gasteiger partial charge is 0.355 e. The summed E-state index contributed by atoms with van der Waals surface area (Å²) in [6.45, 7) is 7.36. The lowest BCUT2D eigenvalue weighted by atomic mass is 10.1. The van der Waals surface area contributed by atoms with Crippen LogP contribution in [0.2, 0.25) is 0 Å². The molecule has 0 radical (unpaired) electrons. The molecule has 0 atom stereocenters. The molecule has 5 heteroatoms. The van der Waals surface area contributed by atoms with Gasteiger partial charge in [0.25, 0.3) is 0 Å². The van der Waals surface area contributed by atoms with Crippen molar-refractivity contribution in [2.75, 3.05) is 38.6 Å². The van der Waals surface area contributed by atoms with Crippen molar-refractivity contribution in [2.24, 2.45) is 0 Å². The number of nitrogens with zero attached hydrogens (tertiary/aromatic N) is 2. The van der Waals surface area contributed by atoms with Crippen molar-refractivity contribution >= 4 is 17.5 Å². The first-order chi connectivity index (χ1) is 10.3. The molecule has 0 aliphatic heterocycles. The van der Waals surface area contributed by atoms with Crippen LogP contribution in [-0.2, 0) is 9.59 Å². The Morgan fingerprint density at radius 3 is 2.14 bits per heavy atom. The van der Waals surface area contributed by atoms with Crippen LogP contribution in [0.1, 0.15) is 24.5 Å². The molecule has 0 aliphatic rings. The van der Waals surface area contributed by atoms with Crippen LogP contribution in [0.25, 0.3) is 0 Å². The van der Waals surface area contributed by atoms with Crippen molar-refractivity contribution in [1.82, 2.24) is 10.2 Å². The zero-order chi connectivity index (χ0) is 16.7. The molecule has 0 bridgehead atoms. The van der Waals surface area contributed by atoms with Gasteiger partial charge in [0.1, 0.15) is 0 Å². The molecule has 0 unspecified atom stereocenters. The number of rotatable bonds is 7. The van der Waals surface area contributed by atoms with Crippen LogP contribution in [0.4, 0.5) is 5.69 Å². The number of anilines is 1. The van der Waals surface area contributed by atoms with E-state index in [1.807, 2.05) is 45.0 Å². The van der Waals surface area contributed by atoms with Gasteiger partial charge in [-0.15, -0.1) is 0 Å². The molecule has 0 aliphatic carbocycles. The quantitative estimate of drug-likeness (QED) is 0.834. The van der Waals surface area contributed by atoms with Gasteiger partial charge >= 0.3 is 0 Å². The Labute approximate surface area is 133 Å². The minimum Gasteiger partial charge on any atom is -0.355 e. The van der Waals surface area contributed by atoms with Gasteiger partial charge in [0, 0.05) is 38.7 Å². The Morgan fingerprint density at radius 2 is 1.64 bits per heavy atom. The average Bonchev–Trinajstić information content (AvgIpc) is 2.36. The maximum Gasteiger partial charge on any atom is 0.223 e. The fraction of sp³-hybridized carbons (Fsp3) is 0.529. The molecule has 0 heterocycles. The Bertz CT molecular complexity index is 506. The Morgan fingerprint density at radius 1 is 1.05 bits per heavy atom. The predicted molar refractivity (Wildman–Crippen MR) is 90.1 cm³/mol. The molecule has 5 nitrogen and oxygen atoms in total. The highest BCUT2D eigenvalue weighted by Gasteiger charge is 2.14. The molecule has 1 N–H and O–H groups in total. The van der Waals surface area contributed by atoms with Crippen LogP contribution in [0, 0.1) is 13.8 Å². The van der Waals surface area contributed by atoms with Gasteiger partial charge in [-0.3, -0.25) is 9.59 Å². The molecule has 122 valence electrons. The lowest BCUT2D eigenvalue weighted by Gasteiger charge is -2.22. The number of carbonyl (C=O) groups is 2. The topological polar surface area (TPSA) is 52.7 Å². The first-order valence-electron chi connectivity index (χ1n) is 7.57. The molecule has 1 aromatic carbocycles. The number of carbonyl (C=O) groups excluding carboxylic acids is 2. The van der Waals surface area contributed by atoms with Crippen molar-refractivity contribution in [1.29, 1.82) is 0 Å². The van der Waals surface area contributed by atoms with Gasteiger partial charge in [-0.1, -0.05) is 6.07 Å². The summed E-state index contributed by atoms with van der Waals surface area (Å²) in [6.07, 6.45) is 0.306. The van der Waals surface area contributed by atoms with E-state index in [-0.39, 0.29) is 11.8 Å². The second-order valence-electron chi connectivity index (χ2n) is 5.92. The minimum atomic E-state index is -0.0499. The van der Waals surface area contributed by atoms with Gasteiger partial charge in [-0.2, -0.15) is 0 Å². The summed E-state index contributed by atoms with van der Waals surface area (Å²) in [7, 11) is 3.92. The van der Waals surface area contributed by atoms with Crippen molar-refractivity contribution in [3.63, 3.8) is 0 Å². The van der Waals surface area contributed by atoms with E-state index in [2.05, 4.69) is 11.4 Å². The molecule has 1 rings (SSSR count). The summed E-state index contributed by atoms with van der Waals surface area (Å²) in [4.78, 5) is 27.4. The number of nitrogens with one attached hydrogen (secondary N) is 1. The van der Waals surface area contributed by atoms with E-state index in [1.54, 1.807) is 4.90 Å². The van der Waals surface area contributed by atoms with Crippen LogP contribution < -0.4 is 10.2 Å². The van der Waals surface area contributed by atoms with Gasteiger partial charge in [0.15, 0.2) is 0 Å². The number of benzene rings is 1.